The van der Waals surface area contributed by atoms with Crippen LogP contribution >= 0.6 is 0 Å². The van der Waals surface area contributed by atoms with Crippen LogP contribution in [-0.2, 0) is 6.42 Å². The minimum atomic E-state index is 0.530. The van der Waals surface area contributed by atoms with Crippen LogP contribution in [0.4, 0.5) is 0 Å². The number of benzene rings is 2. The Morgan fingerprint density at radius 1 is 1.08 bits per heavy atom. The summed E-state index contributed by atoms with van der Waals surface area (Å²) in [5.41, 5.74) is 5.13. The van der Waals surface area contributed by atoms with Crippen molar-refractivity contribution in [2.75, 3.05) is 13.1 Å². The first-order chi connectivity index (χ1) is 12.8. The van der Waals surface area contributed by atoms with E-state index in [1.165, 1.54) is 35.0 Å². The van der Waals surface area contributed by atoms with Crippen molar-refractivity contribution in [2.24, 2.45) is 5.92 Å². The molecule has 132 valence electrons. The van der Waals surface area contributed by atoms with Gasteiger partial charge in [0, 0.05) is 30.4 Å². The Kier molecular flexibility index (Phi) is 3.94. The van der Waals surface area contributed by atoms with Gasteiger partial charge in [0.25, 0.3) is 0 Å². The maximum atomic E-state index is 5.76. The minimum Gasteiger partial charge on any atom is -0.464 e. The van der Waals surface area contributed by atoms with Gasteiger partial charge < -0.3 is 4.42 Å². The molecule has 0 spiro atoms. The fourth-order valence-electron chi connectivity index (χ4n) is 4.81. The molecule has 26 heavy (non-hydrogen) atoms. The maximum absolute atomic E-state index is 5.76. The van der Waals surface area contributed by atoms with Crippen LogP contribution in [0.3, 0.4) is 0 Å². The molecule has 0 radical (unpaired) electrons. The standard InChI is InChI=1S/C24H25NO/c1-17-7-10-24-22(13-17)20(16-26-24)11-12-25-15-18-8-9-23(25)21(14-18)19-5-3-2-4-6-19/h2-10,13,16,18,21,23H,11-12,14-15H2,1H3. The van der Waals surface area contributed by atoms with Gasteiger partial charge in [0.05, 0.1) is 6.26 Å². The number of furan rings is 1. The second kappa shape index (κ2) is 6.44. The first-order valence-corrected chi connectivity index (χ1v) is 9.72. The van der Waals surface area contributed by atoms with Crippen LogP contribution < -0.4 is 0 Å². The molecule has 3 heterocycles. The highest BCUT2D eigenvalue weighted by Crippen LogP contribution is 2.40. The summed E-state index contributed by atoms with van der Waals surface area (Å²) in [6, 6.07) is 18.0. The smallest absolute Gasteiger partial charge is 0.134 e. The molecule has 2 nitrogen and oxygen atoms in total. The quantitative estimate of drug-likeness (QED) is 0.596. The van der Waals surface area contributed by atoms with Crippen molar-refractivity contribution < 1.29 is 4.42 Å². The lowest BCUT2D eigenvalue weighted by Crippen LogP contribution is -2.49. The second-order valence-corrected chi connectivity index (χ2v) is 7.89. The summed E-state index contributed by atoms with van der Waals surface area (Å²) in [5.74, 6) is 1.32. The van der Waals surface area contributed by atoms with Gasteiger partial charge in [-0.1, -0.05) is 54.1 Å². The fourth-order valence-corrected chi connectivity index (χ4v) is 4.81. The van der Waals surface area contributed by atoms with Crippen molar-refractivity contribution in [1.82, 2.24) is 4.90 Å². The van der Waals surface area contributed by atoms with E-state index in [4.69, 9.17) is 4.42 Å². The molecule has 2 aliphatic heterocycles. The van der Waals surface area contributed by atoms with E-state index in [-0.39, 0.29) is 0 Å². The number of piperidine rings is 1. The average molecular weight is 343 g/mol. The molecule has 3 unspecified atom stereocenters. The van der Waals surface area contributed by atoms with Crippen molar-refractivity contribution in [1.29, 1.82) is 0 Å². The highest BCUT2D eigenvalue weighted by Gasteiger charge is 2.37. The first kappa shape index (κ1) is 15.9. The summed E-state index contributed by atoms with van der Waals surface area (Å²) < 4.78 is 5.76. The SMILES string of the molecule is Cc1ccc2occ(CCN3CC4C=CC3C(c3ccccc3)C4)c2c1. The molecule has 6 rings (SSSR count). The Balaban J connectivity index is 1.35. The highest BCUT2D eigenvalue weighted by atomic mass is 16.3. The van der Waals surface area contributed by atoms with Gasteiger partial charge in [-0.25, -0.2) is 0 Å². The highest BCUT2D eigenvalue weighted by molar-refractivity contribution is 5.81. The molecule has 0 saturated carbocycles. The van der Waals surface area contributed by atoms with Gasteiger partial charge in [-0.15, -0.1) is 0 Å². The van der Waals surface area contributed by atoms with E-state index in [1.54, 1.807) is 0 Å². The Morgan fingerprint density at radius 2 is 1.96 bits per heavy atom. The van der Waals surface area contributed by atoms with Crippen LogP contribution in [0.25, 0.3) is 11.0 Å². The van der Waals surface area contributed by atoms with Gasteiger partial charge in [0.1, 0.15) is 5.58 Å². The largest absolute Gasteiger partial charge is 0.464 e. The summed E-state index contributed by atoms with van der Waals surface area (Å²) in [6.07, 6.45) is 9.19. The normalized spacial score (nSPS) is 25.2. The van der Waals surface area contributed by atoms with Crippen LogP contribution in [0, 0.1) is 12.8 Å². The maximum Gasteiger partial charge on any atom is 0.134 e. The van der Waals surface area contributed by atoms with Crippen LogP contribution in [-0.4, -0.2) is 24.0 Å². The molecule has 2 heteroatoms. The Labute approximate surface area is 155 Å². The molecular weight excluding hydrogens is 318 g/mol. The summed E-state index contributed by atoms with van der Waals surface area (Å²) in [6.45, 7) is 4.44. The number of rotatable bonds is 4. The predicted molar refractivity (Wildman–Crippen MR) is 106 cm³/mol. The second-order valence-electron chi connectivity index (χ2n) is 7.89. The molecule has 0 N–H and O–H groups in total. The van der Waals surface area contributed by atoms with Gasteiger partial charge in [0.2, 0.25) is 0 Å². The van der Waals surface area contributed by atoms with Crippen LogP contribution in [0.15, 0.2) is 71.4 Å². The first-order valence-electron chi connectivity index (χ1n) is 9.72. The van der Waals surface area contributed by atoms with E-state index in [0.29, 0.717) is 17.9 Å². The summed E-state index contributed by atoms with van der Waals surface area (Å²) in [7, 11) is 0. The fraction of sp³-hybridized carbons (Fsp3) is 0.333. The molecule has 1 aromatic heterocycles. The van der Waals surface area contributed by atoms with E-state index in [0.717, 1.165) is 18.5 Å². The number of hydrogen-bond donors (Lipinski definition) is 0. The van der Waals surface area contributed by atoms with Gasteiger partial charge in [-0.3, -0.25) is 4.90 Å². The van der Waals surface area contributed by atoms with Crippen LogP contribution in [0.2, 0.25) is 0 Å². The van der Waals surface area contributed by atoms with E-state index >= 15 is 0 Å². The molecule has 2 bridgehead atoms. The van der Waals surface area contributed by atoms with Crippen LogP contribution in [0.5, 0.6) is 0 Å². The van der Waals surface area contributed by atoms with Crippen molar-refractivity contribution >= 4 is 11.0 Å². The van der Waals surface area contributed by atoms with E-state index < -0.39 is 0 Å². The van der Waals surface area contributed by atoms with Gasteiger partial charge in [0.15, 0.2) is 0 Å². The van der Waals surface area contributed by atoms with E-state index in [1.807, 2.05) is 6.26 Å². The van der Waals surface area contributed by atoms with Gasteiger partial charge in [-0.2, -0.15) is 0 Å². The number of nitrogens with zero attached hydrogens (tertiary/aromatic N) is 1. The zero-order chi connectivity index (χ0) is 17.5. The average Bonchev–Trinajstić information content (AvgIpc) is 3.09. The van der Waals surface area contributed by atoms with Crippen molar-refractivity contribution in [3.63, 3.8) is 0 Å². The van der Waals surface area contributed by atoms with E-state index in [2.05, 4.69) is 72.5 Å². The molecule has 3 atom stereocenters. The number of hydrogen-bond acceptors (Lipinski definition) is 2. The Bertz CT molecular complexity index is 939. The van der Waals surface area contributed by atoms with Gasteiger partial charge >= 0.3 is 0 Å². The van der Waals surface area contributed by atoms with Crippen molar-refractivity contribution in [3.8, 4) is 0 Å². The minimum absolute atomic E-state index is 0.530. The zero-order valence-corrected chi connectivity index (χ0v) is 15.3. The molecule has 2 aromatic carbocycles. The Hall–Kier alpha value is -2.32. The van der Waals surface area contributed by atoms with Crippen LogP contribution in [0.1, 0.15) is 29.0 Å². The molecule has 1 fully saturated rings. The van der Waals surface area contributed by atoms with E-state index in [9.17, 15) is 0 Å². The van der Waals surface area contributed by atoms with Crippen molar-refractivity contribution in [2.45, 2.75) is 31.7 Å². The third-order valence-electron chi connectivity index (χ3n) is 6.15. The topological polar surface area (TPSA) is 16.4 Å². The molecule has 3 aromatic rings. The number of fused-ring (bicyclic) bond motifs is 3. The third-order valence-corrected chi connectivity index (χ3v) is 6.15. The Morgan fingerprint density at radius 3 is 2.81 bits per heavy atom. The lowest BCUT2D eigenvalue weighted by molar-refractivity contribution is 0.117. The molecule has 0 amide bonds. The molecular formula is C24H25NO. The monoisotopic (exact) mass is 343 g/mol. The van der Waals surface area contributed by atoms with Gasteiger partial charge in [-0.05, 0) is 48.9 Å². The van der Waals surface area contributed by atoms with Crippen molar-refractivity contribution in [3.05, 3.63) is 83.6 Å². The lowest BCUT2D eigenvalue weighted by atomic mass is 9.74. The summed E-state index contributed by atoms with van der Waals surface area (Å²) >= 11 is 0. The molecule has 1 saturated heterocycles. The lowest BCUT2D eigenvalue weighted by Gasteiger charge is -2.46. The number of aryl methyl sites for hydroxylation is 1. The third kappa shape index (κ3) is 2.79. The summed E-state index contributed by atoms with van der Waals surface area (Å²) in [5, 5.41) is 1.28. The summed E-state index contributed by atoms with van der Waals surface area (Å²) in [4.78, 5) is 2.68. The molecule has 1 aliphatic carbocycles. The predicted octanol–water partition coefficient (Wildman–Crippen LogP) is 5.33. The zero-order valence-electron chi connectivity index (χ0n) is 15.3. The molecule has 3 aliphatic rings.